The molecule has 3 fully saturated rings. The van der Waals surface area contributed by atoms with Crippen molar-refractivity contribution in [2.75, 3.05) is 0 Å². The fourth-order valence-electron chi connectivity index (χ4n) is 11.8. The van der Waals surface area contributed by atoms with E-state index in [0.29, 0.717) is 33.4 Å². The van der Waals surface area contributed by atoms with Gasteiger partial charge in [-0.25, -0.2) is 0 Å². The van der Waals surface area contributed by atoms with Gasteiger partial charge in [-0.05, 0) is 124 Å². The van der Waals surface area contributed by atoms with Gasteiger partial charge in [0, 0.05) is 70.7 Å². The molecule has 9 nitrogen and oxygen atoms in total. The van der Waals surface area contributed by atoms with Gasteiger partial charge in [-0.15, -0.1) is 0 Å². The zero-order chi connectivity index (χ0) is 54.6. The number of nitrogens with zero attached hydrogens (tertiary/aromatic N) is 6. The lowest BCUT2D eigenvalue weighted by Crippen LogP contribution is -2.27. The van der Waals surface area contributed by atoms with Gasteiger partial charge < -0.3 is 15.3 Å². The minimum atomic E-state index is -0.0772. The standard InChI is InChI=1S/C69H96N6O3/c1-4-7-9-11-13-15-17-19-21-23-32-53-42-57-48-72-63-36-27-25-34-61(63)70-46-55-40-52(31-6-3)41-56(67(55)76)47-71-62-35-26-28-37-64(62)73-49-58-43-54(33-24-22-20-18-16-14-12-10-8-5-2)45-60(69(58)78)51-75-66-39-30-29-38-65(66)74-50-59(44-53)68(57)77/h6,23-24,31-33,40-51,61-66,76-78H,4-5,7-22,25-30,34-39H2,1-3H3/b31-6+,32-23+,33-24+,70-46+,71-47+,72-48+,73-49+,74-50+,75-51+. The maximum Gasteiger partial charge on any atom is 0.133 e. The van der Waals surface area contributed by atoms with Crippen molar-refractivity contribution < 1.29 is 15.3 Å². The molecular weight excluding hydrogens is 961 g/mol. The third-order valence-corrected chi connectivity index (χ3v) is 16.5. The first-order valence-electron chi connectivity index (χ1n) is 31.1. The highest BCUT2D eigenvalue weighted by Crippen LogP contribution is 2.32. The Morgan fingerprint density at radius 3 is 0.821 bits per heavy atom. The Labute approximate surface area is 470 Å². The number of fused-ring (bicyclic) bond motifs is 9. The lowest BCUT2D eigenvalue weighted by atomic mass is 9.91. The summed E-state index contributed by atoms with van der Waals surface area (Å²) in [7, 11) is 0. The molecule has 420 valence electrons. The van der Waals surface area contributed by atoms with E-state index < -0.39 is 0 Å². The van der Waals surface area contributed by atoms with Crippen LogP contribution in [0.3, 0.4) is 0 Å². The average molecular weight is 1060 g/mol. The zero-order valence-electron chi connectivity index (χ0n) is 48.1. The molecule has 3 saturated carbocycles. The van der Waals surface area contributed by atoms with Gasteiger partial charge in [0.05, 0.1) is 36.3 Å². The summed E-state index contributed by atoms with van der Waals surface area (Å²) in [6.07, 6.45) is 58.4. The summed E-state index contributed by atoms with van der Waals surface area (Å²) < 4.78 is 0. The summed E-state index contributed by atoms with van der Waals surface area (Å²) in [5.74, 6) is 0.480. The van der Waals surface area contributed by atoms with Gasteiger partial charge in [0.25, 0.3) is 0 Å². The Hall–Kier alpha value is -5.70. The molecule has 78 heavy (non-hydrogen) atoms. The first kappa shape index (κ1) is 60.0. The topological polar surface area (TPSA) is 135 Å². The fraction of sp³-hybridized carbons (Fsp3) is 0.565. The fourth-order valence-corrected chi connectivity index (χ4v) is 11.8. The van der Waals surface area contributed by atoms with Crippen LogP contribution >= 0.6 is 0 Å². The lowest BCUT2D eigenvalue weighted by Gasteiger charge is -2.26. The van der Waals surface area contributed by atoms with Crippen molar-refractivity contribution in [2.45, 2.75) is 250 Å². The first-order valence-corrected chi connectivity index (χ1v) is 31.1. The molecule has 0 spiro atoms. The van der Waals surface area contributed by atoms with Crippen LogP contribution in [0.15, 0.2) is 84.6 Å². The quantitative estimate of drug-likeness (QED) is 0.0917. The summed E-state index contributed by atoms with van der Waals surface area (Å²) in [6.45, 7) is 6.54. The van der Waals surface area contributed by atoms with Crippen molar-refractivity contribution in [3.8, 4) is 17.2 Å². The number of hydrogen-bond donors (Lipinski definition) is 3. The molecule has 6 unspecified atom stereocenters. The molecule has 0 radical (unpaired) electrons. The summed E-state index contributed by atoms with van der Waals surface area (Å²) in [6, 6.07) is 11.7. The monoisotopic (exact) mass is 1060 g/mol. The van der Waals surface area contributed by atoms with E-state index >= 15 is 0 Å². The van der Waals surface area contributed by atoms with Crippen LogP contribution in [0.5, 0.6) is 17.2 Å². The molecule has 3 aliphatic carbocycles. The van der Waals surface area contributed by atoms with Crippen molar-refractivity contribution >= 4 is 55.5 Å². The van der Waals surface area contributed by atoms with Gasteiger partial charge in [-0.3, -0.25) is 30.0 Å². The van der Waals surface area contributed by atoms with E-state index in [2.05, 4.69) is 38.2 Å². The number of phenols is 3. The van der Waals surface area contributed by atoms with Crippen LogP contribution in [-0.4, -0.2) is 88.9 Å². The van der Waals surface area contributed by atoms with E-state index in [1.807, 2.05) is 92.8 Å². The summed E-state index contributed by atoms with van der Waals surface area (Å²) in [5.41, 5.74) is 6.92. The summed E-state index contributed by atoms with van der Waals surface area (Å²) in [5, 5.41) is 35.9. The van der Waals surface area contributed by atoms with E-state index in [0.717, 1.165) is 107 Å². The van der Waals surface area contributed by atoms with Gasteiger partial charge in [-0.2, -0.15) is 0 Å². The number of unbranched alkanes of at least 4 members (excludes halogenated alkanes) is 16. The second-order valence-corrected chi connectivity index (χ2v) is 22.9. The van der Waals surface area contributed by atoms with Crippen molar-refractivity contribution in [3.63, 3.8) is 0 Å². The normalized spacial score (nSPS) is 24.5. The highest BCUT2D eigenvalue weighted by Gasteiger charge is 2.27. The Kier molecular flexibility index (Phi) is 25.9. The number of hydrogen-bond acceptors (Lipinski definition) is 9. The second-order valence-electron chi connectivity index (χ2n) is 22.9. The van der Waals surface area contributed by atoms with E-state index in [-0.39, 0.29) is 53.5 Å². The van der Waals surface area contributed by atoms with Crippen LogP contribution < -0.4 is 0 Å². The van der Waals surface area contributed by atoms with Gasteiger partial charge in [0.15, 0.2) is 0 Å². The Balaban J connectivity index is 1.24. The molecule has 3 aromatic rings. The van der Waals surface area contributed by atoms with Crippen LogP contribution in [0.1, 0.15) is 263 Å². The smallest absolute Gasteiger partial charge is 0.133 e. The number of aliphatic imine (C=N–C) groups is 6. The Morgan fingerprint density at radius 1 is 0.346 bits per heavy atom. The molecule has 4 aliphatic rings. The highest BCUT2D eigenvalue weighted by atomic mass is 16.3. The van der Waals surface area contributed by atoms with Crippen LogP contribution in [0, 0.1) is 0 Å². The third kappa shape index (κ3) is 19.3. The highest BCUT2D eigenvalue weighted by molar-refractivity contribution is 5.95. The molecule has 3 aromatic carbocycles. The molecule has 0 aromatic heterocycles. The zero-order valence-corrected chi connectivity index (χ0v) is 48.1. The molecule has 0 saturated heterocycles. The van der Waals surface area contributed by atoms with Crippen molar-refractivity contribution in [2.24, 2.45) is 30.0 Å². The maximum atomic E-state index is 12.0. The molecule has 0 amide bonds. The molecular formula is C69H96N6O3. The van der Waals surface area contributed by atoms with Crippen molar-refractivity contribution in [1.29, 1.82) is 0 Å². The first-order chi connectivity index (χ1) is 38.3. The molecule has 1 heterocycles. The van der Waals surface area contributed by atoms with Crippen molar-refractivity contribution in [3.05, 3.63) is 105 Å². The predicted octanol–water partition coefficient (Wildman–Crippen LogP) is 17.8. The second kappa shape index (κ2) is 33.7. The Bertz CT molecular complexity index is 2420. The van der Waals surface area contributed by atoms with Gasteiger partial charge in [-0.1, -0.05) is 179 Å². The SMILES string of the molecule is C/C=C/c1cc2c(O)c(c1)/C=N/C1CCCCC1/N=C/c1cc(/C=C/CCCCCCCCCC)cc(c1O)/C=N/C1CCCCC1/N=C/c1cc(/C=C/CCCCCCCCCC)cc(c1O)/C=N/C1CCCCC1/N=C/2. The molecule has 6 bridgehead atoms. The number of rotatable bonds is 21. The summed E-state index contributed by atoms with van der Waals surface area (Å²) in [4.78, 5) is 31.1. The van der Waals surface area contributed by atoms with Gasteiger partial charge in [0.2, 0.25) is 0 Å². The number of aromatic hydroxyl groups is 3. The number of benzene rings is 3. The van der Waals surface area contributed by atoms with Crippen LogP contribution in [0.25, 0.3) is 18.2 Å². The molecule has 6 atom stereocenters. The van der Waals surface area contributed by atoms with Crippen molar-refractivity contribution in [1.82, 2.24) is 0 Å². The Morgan fingerprint density at radius 2 is 0.577 bits per heavy atom. The van der Waals surface area contributed by atoms with Crippen LogP contribution in [0.4, 0.5) is 0 Å². The summed E-state index contributed by atoms with van der Waals surface area (Å²) >= 11 is 0. The molecule has 7 rings (SSSR count). The molecule has 1 aliphatic heterocycles. The third-order valence-electron chi connectivity index (χ3n) is 16.5. The van der Waals surface area contributed by atoms with Crippen LogP contribution in [0.2, 0.25) is 0 Å². The number of allylic oxidation sites excluding steroid dienone is 3. The molecule has 9 heteroatoms. The predicted molar refractivity (Wildman–Crippen MR) is 335 cm³/mol. The van der Waals surface area contributed by atoms with Gasteiger partial charge >= 0.3 is 0 Å². The average Bonchev–Trinajstić information content (AvgIpc) is 3.47. The van der Waals surface area contributed by atoms with E-state index in [9.17, 15) is 15.3 Å². The van der Waals surface area contributed by atoms with E-state index in [1.54, 1.807) is 0 Å². The molecule has 3 N–H and O–H groups in total. The number of phenolic OH excluding ortho intramolecular Hbond substituents is 3. The van der Waals surface area contributed by atoms with E-state index in [4.69, 9.17) is 30.0 Å². The van der Waals surface area contributed by atoms with Crippen LogP contribution in [-0.2, 0) is 0 Å². The lowest BCUT2D eigenvalue weighted by molar-refractivity contribution is 0.389. The minimum absolute atomic E-state index is 0.0754. The van der Waals surface area contributed by atoms with E-state index in [1.165, 1.54) is 103 Å². The van der Waals surface area contributed by atoms with Gasteiger partial charge in [0.1, 0.15) is 17.2 Å². The minimum Gasteiger partial charge on any atom is -0.507 e. The maximum absolute atomic E-state index is 12.0. The largest absolute Gasteiger partial charge is 0.507 e.